The van der Waals surface area contributed by atoms with Gasteiger partial charge in [-0.2, -0.15) is 5.10 Å². The van der Waals surface area contributed by atoms with Gasteiger partial charge in [0.25, 0.3) is 0 Å². The molecule has 6 nitrogen and oxygen atoms in total. The molecule has 3 heterocycles. The van der Waals surface area contributed by atoms with Gasteiger partial charge in [0.2, 0.25) is 0 Å². The minimum absolute atomic E-state index is 0.201. The van der Waals surface area contributed by atoms with E-state index in [0.29, 0.717) is 6.61 Å². The maximum absolute atomic E-state index is 5.16. The van der Waals surface area contributed by atoms with Crippen LogP contribution in [-0.2, 0) is 4.74 Å². The molecule has 0 unspecified atom stereocenters. The topological polar surface area (TPSA) is 74.9 Å². The Labute approximate surface area is 144 Å². The normalized spacial score (nSPS) is 15.6. The van der Waals surface area contributed by atoms with Gasteiger partial charge in [0.1, 0.15) is 5.82 Å². The average Bonchev–Trinajstić information content (AvgIpc) is 2.98. The summed E-state index contributed by atoms with van der Waals surface area (Å²) in [6.07, 6.45) is 4.16. The third kappa shape index (κ3) is 3.09. The smallest absolute Gasteiger partial charge is 0.129 e. The molecule has 0 spiro atoms. The van der Waals surface area contributed by atoms with E-state index in [2.05, 4.69) is 39.9 Å². The minimum atomic E-state index is 0.201. The molecule has 3 N–H and O–H groups in total. The zero-order chi connectivity index (χ0) is 16.6. The van der Waals surface area contributed by atoms with Crippen molar-refractivity contribution in [1.82, 2.24) is 15.2 Å². The molecular weight excluding hydrogens is 322 g/mol. The van der Waals surface area contributed by atoms with Gasteiger partial charge in [0.05, 0.1) is 33.1 Å². The predicted molar refractivity (Wildman–Crippen MR) is 98.8 cm³/mol. The molecule has 0 saturated heterocycles. The third-order valence-electron chi connectivity index (χ3n) is 4.30. The molecule has 4 rings (SSSR count). The van der Waals surface area contributed by atoms with Gasteiger partial charge in [-0.25, -0.2) is 4.98 Å². The van der Waals surface area contributed by atoms with Crippen molar-refractivity contribution in [3.8, 4) is 10.6 Å². The maximum Gasteiger partial charge on any atom is 0.129 e. The first-order chi connectivity index (χ1) is 11.7. The van der Waals surface area contributed by atoms with Gasteiger partial charge in [-0.3, -0.25) is 5.10 Å². The summed E-state index contributed by atoms with van der Waals surface area (Å²) in [6, 6.07) is 6.21. The van der Waals surface area contributed by atoms with Crippen LogP contribution in [0.3, 0.4) is 0 Å². The van der Waals surface area contributed by atoms with Crippen LogP contribution in [0.5, 0.6) is 0 Å². The van der Waals surface area contributed by atoms with Gasteiger partial charge >= 0.3 is 0 Å². The fourth-order valence-electron chi connectivity index (χ4n) is 2.65. The number of pyridine rings is 1. The molecule has 0 amide bonds. The van der Waals surface area contributed by atoms with Crippen LogP contribution >= 0.6 is 11.3 Å². The third-order valence-corrected chi connectivity index (χ3v) is 5.49. The standard InChI is InChI=1S/C17H21N5OS/c1-17(4-5-17)21-15-10-12(18-7-8-23-2)16-13(20-15)9-14(24-16)11-3-6-19-22-11/h3,6,9-10H,4-5,7-8H2,1-2H3,(H,19,22)(H2,18,20,21). The van der Waals surface area contributed by atoms with Crippen LogP contribution in [0.25, 0.3) is 20.8 Å². The first-order valence-electron chi connectivity index (χ1n) is 8.12. The van der Waals surface area contributed by atoms with Gasteiger partial charge in [-0.15, -0.1) is 11.3 Å². The van der Waals surface area contributed by atoms with Gasteiger partial charge in [-0.1, -0.05) is 0 Å². The van der Waals surface area contributed by atoms with Crippen molar-refractivity contribution in [1.29, 1.82) is 0 Å². The van der Waals surface area contributed by atoms with Crippen LogP contribution in [0.2, 0.25) is 0 Å². The lowest BCUT2D eigenvalue weighted by atomic mass is 10.2. The quantitative estimate of drug-likeness (QED) is 0.570. The number of ether oxygens (including phenoxy) is 1. The molecule has 1 saturated carbocycles. The summed E-state index contributed by atoms with van der Waals surface area (Å²) >= 11 is 1.72. The molecule has 0 bridgehead atoms. The zero-order valence-electron chi connectivity index (χ0n) is 13.8. The molecule has 7 heteroatoms. The molecule has 3 aromatic heterocycles. The lowest BCUT2D eigenvalue weighted by molar-refractivity contribution is 0.211. The van der Waals surface area contributed by atoms with E-state index < -0.39 is 0 Å². The highest BCUT2D eigenvalue weighted by atomic mass is 32.1. The summed E-state index contributed by atoms with van der Waals surface area (Å²) in [5.41, 5.74) is 3.31. The number of fused-ring (bicyclic) bond motifs is 1. The Morgan fingerprint density at radius 1 is 1.38 bits per heavy atom. The maximum atomic E-state index is 5.16. The second-order valence-electron chi connectivity index (χ2n) is 6.46. The fraction of sp³-hybridized carbons (Fsp3) is 0.412. The summed E-state index contributed by atoms with van der Waals surface area (Å²) < 4.78 is 6.31. The molecule has 0 radical (unpaired) electrons. The number of methoxy groups -OCH3 is 1. The average molecular weight is 343 g/mol. The van der Waals surface area contributed by atoms with Crippen molar-refractivity contribution in [3.63, 3.8) is 0 Å². The Bertz CT molecular complexity index is 838. The SMILES string of the molecule is COCCNc1cc(NC2(C)CC2)nc2cc(-c3ccn[nH]3)sc12. The van der Waals surface area contributed by atoms with Gasteiger partial charge in [0, 0.05) is 31.5 Å². The lowest BCUT2D eigenvalue weighted by Crippen LogP contribution is -2.17. The number of hydrogen-bond donors (Lipinski definition) is 3. The number of anilines is 2. The summed E-state index contributed by atoms with van der Waals surface area (Å²) in [4.78, 5) is 5.95. The number of nitrogens with one attached hydrogen (secondary N) is 3. The highest BCUT2D eigenvalue weighted by molar-refractivity contribution is 7.22. The number of hydrogen-bond acceptors (Lipinski definition) is 6. The molecule has 1 aliphatic rings. The van der Waals surface area contributed by atoms with Crippen LogP contribution in [0.4, 0.5) is 11.5 Å². The Balaban J connectivity index is 1.72. The molecule has 1 fully saturated rings. The van der Waals surface area contributed by atoms with E-state index in [1.54, 1.807) is 24.6 Å². The van der Waals surface area contributed by atoms with Crippen LogP contribution in [0.1, 0.15) is 19.8 Å². The molecule has 0 aromatic carbocycles. The van der Waals surface area contributed by atoms with Crippen molar-refractivity contribution >= 4 is 33.1 Å². The van der Waals surface area contributed by atoms with E-state index in [9.17, 15) is 0 Å². The van der Waals surface area contributed by atoms with Crippen LogP contribution in [-0.4, -0.2) is 41.0 Å². The van der Waals surface area contributed by atoms with Crippen molar-refractivity contribution in [3.05, 3.63) is 24.4 Å². The highest BCUT2D eigenvalue weighted by Crippen LogP contribution is 2.41. The number of nitrogens with zero attached hydrogens (tertiary/aromatic N) is 2. The van der Waals surface area contributed by atoms with Crippen LogP contribution in [0.15, 0.2) is 24.4 Å². The molecule has 3 aromatic rings. The van der Waals surface area contributed by atoms with Crippen molar-refractivity contribution in [2.45, 2.75) is 25.3 Å². The Morgan fingerprint density at radius 3 is 2.96 bits per heavy atom. The van der Waals surface area contributed by atoms with E-state index in [1.807, 2.05) is 6.07 Å². The van der Waals surface area contributed by atoms with E-state index >= 15 is 0 Å². The predicted octanol–water partition coefficient (Wildman–Crippen LogP) is 3.71. The number of H-pyrrole nitrogens is 1. The summed E-state index contributed by atoms with van der Waals surface area (Å²) in [6.45, 7) is 3.67. The number of thiophene rings is 1. The molecule has 1 aliphatic carbocycles. The second kappa shape index (κ2) is 6.07. The fourth-order valence-corrected chi connectivity index (χ4v) is 3.72. The van der Waals surface area contributed by atoms with E-state index in [1.165, 1.54) is 12.8 Å². The Morgan fingerprint density at radius 2 is 2.25 bits per heavy atom. The minimum Gasteiger partial charge on any atom is -0.383 e. The lowest BCUT2D eigenvalue weighted by Gasteiger charge is -2.14. The summed E-state index contributed by atoms with van der Waals surface area (Å²) in [5.74, 6) is 0.927. The summed E-state index contributed by atoms with van der Waals surface area (Å²) in [5, 5.41) is 14.1. The molecule has 126 valence electrons. The first-order valence-corrected chi connectivity index (χ1v) is 8.94. The largest absolute Gasteiger partial charge is 0.383 e. The number of aromatic amines is 1. The molecule has 24 heavy (non-hydrogen) atoms. The van der Waals surface area contributed by atoms with Crippen molar-refractivity contribution in [2.24, 2.45) is 0 Å². The van der Waals surface area contributed by atoms with Gasteiger partial charge in [0.15, 0.2) is 0 Å². The van der Waals surface area contributed by atoms with E-state index in [0.717, 1.165) is 38.8 Å². The van der Waals surface area contributed by atoms with E-state index in [-0.39, 0.29) is 5.54 Å². The molecule has 0 aliphatic heterocycles. The van der Waals surface area contributed by atoms with Gasteiger partial charge < -0.3 is 15.4 Å². The number of rotatable bonds is 7. The monoisotopic (exact) mass is 343 g/mol. The first kappa shape index (κ1) is 15.4. The zero-order valence-corrected chi connectivity index (χ0v) is 14.7. The van der Waals surface area contributed by atoms with E-state index in [4.69, 9.17) is 9.72 Å². The Kier molecular flexibility index (Phi) is 3.90. The second-order valence-corrected chi connectivity index (χ2v) is 7.51. The van der Waals surface area contributed by atoms with Crippen LogP contribution < -0.4 is 10.6 Å². The Hall–Kier alpha value is -2.12. The molecular formula is C17H21N5OS. The van der Waals surface area contributed by atoms with Gasteiger partial charge in [-0.05, 0) is 31.9 Å². The highest BCUT2D eigenvalue weighted by Gasteiger charge is 2.37. The van der Waals surface area contributed by atoms with Crippen molar-refractivity contribution < 1.29 is 4.74 Å². The van der Waals surface area contributed by atoms with Crippen molar-refractivity contribution in [2.75, 3.05) is 30.9 Å². The summed E-state index contributed by atoms with van der Waals surface area (Å²) in [7, 11) is 1.71. The number of aromatic nitrogens is 3. The van der Waals surface area contributed by atoms with Crippen LogP contribution in [0, 0.1) is 0 Å². The molecule has 0 atom stereocenters.